The van der Waals surface area contributed by atoms with Crippen LogP contribution in [0.25, 0.3) is 0 Å². The molecular formula is C38H42N6O4S2. The molecule has 3 aromatic carbocycles. The highest BCUT2D eigenvalue weighted by molar-refractivity contribution is 8.01. The molecule has 50 heavy (non-hydrogen) atoms. The van der Waals surface area contributed by atoms with E-state index in [1.165, 1.54) is 11.8 Å². The fourth-order valence-corrected chi connectivity index (χ4v) is 8.38. The number of fused-ring (bicyclic) bond motifs is 1. The monoisotopic (exact) mass is 710 g/mol. The summed E-state index contributed by atoms with van der Waals surface area (Å²) in [6, 6.07) is 22.4. The number of carbonyl (C=O) groups is 2. The summed E-state index contributed by atoms with van der Waals surface area (Å²) < 4.78 is 7.87. The lowest BCUT2D eigenvalue weighted by molar-refractivity contribution is -0.153. The Kier molecular flexibility index (Phi) is 9.96. The highest BCUT2D eigenvalue weighted by atomic mass is 32.2. The number of amides is 1. The number of aryl methyl sites for hydroxylation is 1. The van der Waals surface area contributed by atoms with E-state index in [2.05, 4.69) is 57.1 Å². The lowest BCUT2D eigenvalue weighted by atomic mass is 9.78. The van der Waals surface area contributed by atoms with E-state index < -0.39 is 18.1 Å². The van der Waals surface area contributed by atoms with Gasteiger partial charge in [0.1, 0.15) is 16.8 Å². The zero-order valence-corrected chi connectivity index (χ0v) is 31.0. The van der Waals surface area contributed by atoms with Crippen molar-refractivity contribution in [2.45, 2.75) is 75.0 Å². The van der Waals surface area contributed by atoms with E-state index in [0.29, 0.717) is 16.7 Å². The van der Waals surface area contributed by atoms with Crippen molar-refractivity contribution in [1.29, 1.82) is 0 Å². The van der Waals surface area contributed by atoms with Gasteiger partial charge >= 0.3 is 5.97 Å². The third-order valence-corrected chi connectivity index (χ3v) is 11.2. The van der Waals surface area contributed by atoms with Crippen molar-refractivity contribution in [2.75, 3.05) is 11.5 Å². The molecule has 260 valence electrons. The molecule has 2 aliphatic rings. The highest BCUT2D eigenvalue weighted by Gasteiger charge is 2.54. The first kappa shape index (κ1) is 35.4. The number of thioether (sulfide) groups is 2. The first-order chi connectivity index (χ1) is 23.7. The Morgan fingerprint density at radius 2 is 1.60 bits per heavy atom. The van der Waals surface area contributed by atoms with Gasteiger partial charge in [0.2, 0.25) is 5.16 Å². The molecule has 2 aliphatic heterocycles. The number of aromatic hydroxyl groups is 1. The summed E-state index contributed by atoms with van der Waals surface area (Å²) in [7, 11) is 1.76. The van der Waals surface area contributed by atoms with Gasteiger partial charge in [-0.2, -0.15) is 0 Å². The Morgan fingerprint density at radius 1 is 1.02 bits per heavy atom. The molecule has 6 rings (SSSR count). The Bertz CT molecular complexity index is 1870. The third-order valence-electron chi connectivity index (χ3n) is 8.73. The van der Waals surface area contributed by atoms with Crippen LogP contribution in [0.5, 0.6) is 5.75 Å². The van der Waals surface area contributed by atoms with E-state index in [0.717, 1.165) is 33.4 Å². The number of tetrazole rings is 1. The maximum absolute atomic E-state index is 14.3. The van der Waals surface area contributed by atoms with Crippen LogP contribution in [-0.2, 0) is 32.2 Å². The summed E-state index contributed by atoms with van der Waals surface area (Å²) in [5.74, 6) is 0.354. The molecule has 0 unspecified atom stereocenters. The molecule has 0 saturated carbocycles. The van der Waals surface area contributed by atoms with Gasteiger partial charge in [0.25, 0.3) is 5.91 Å². The lowest BCUT2D eigenvalue weighted by Gasteiger charge is -2.48. The number of hydrogen-bond acceptors (Lipinski definition) is 10. The van der Waals surface area contributed by atoms with Gasteiger partial charge in [0, 0.05) is 35.9 Å². The molecular weight excluding hydrogens is 669 g/mol. The molecule has 1 fully saturated rings. The number of carbonyl (C=O) groups excluding carboxylic acids is 2. The van der Waals surface area contributed by atoms with Crippen molar-refractivity contribution in [3.05, 3.63) is 112 Å². The largest absolute Gasteiger partial charge is 0.507 e. The van der Waals surface area contributed by atoms with Gasteiger partial charge in [0.15, 0.2) is 12.1 Å². The Morgan fingerprint density at radius 3 is 2.12 bits per heavy atom. The standard InChI is InChI=1S/C38H42N6O4S2/c1-37(2,3)27-18-23(19-28(31(27)45)38(4,5)6)20-39-29-33(46)44-30(26(21-49-34(29)44)22-50-36-40-41-42-43(36)7)35(47)48-32(24-14-10-8-11-15-24)25-16-12-9-13-17-25/h8-20,29,32,34,45H,21-22H2,1-7H3/t29-,34+/m1/s1. The van der Waals surface area contributed by atoms with Crippen LogP contribution in [0, 0.1) is 0 Å². The average molecular weight is 711 g/mol. The molecule has 1 aromatic heterocycles. The second-order valence-electron chi connectivity index (χ2n) is 14.5. The first-order valence-electron chi connectivity index (χ1n) is 16.5. The second-order valence-corrected chi connectivity index (χ2v) is 16.6. The minimum absolute atomic E-state index is 0.249. The predicted octanol–water partition coefficient (Wildman–Crippen LogP) is 6.59. The summed E-state index contributed by atoms with van der Waals surface area (Å²) >= 11 is 2.97. The van der Waals surface area contributed by atoms with E-state index >= 15 is 0 Å². The van der Waals surface area contributed by atoms with Crippen molar-refractivity contribution in [1.82, 2.24) is 25.1 Å². The van der Waals surface area contributed by atoms with Gasteiger partial charge in [-0.25, -0.2) is 9.48 Å². The quantitative estimate of drug-likeness (QED) is 0.0887. The molecule has 2 atom stereocenters. The van der Waals surface area contributed by atoms with Crippen molar-refractivity contribution in [3.63, 3.8) is 0 Å². The maximum Gasteiger partial charge on any atom is 0.356 e. The number of aromatic nitrogens is 4. The number of ether oxygens (including phenoxy) is 1. The van der Waals surface area contributed by atoms with Gasteiger partial charge in [0.05, 0.1) is 0 Å². The average Bonchev–Trinajstić information content (AvgIpc) is 3.50. The molecule has 1 N–H and O–H groups in total. The topological polar surface area (TPSA) is 123 Å². The van der Waals surface area contributed by atoms with E-state index in [4.69, 9.17) is 9.73 Å². The van der Waals surface area contributed by atoms with Gasteiger partial charge in [-0.3, -0.25) is 14.7 Å². The number of esters is 1. The van der Waals surface area contributed by atoms with Crippen molar-refractivity contribution in [2.24, 2.45) is 12.0 Å². The van der Waals surface area contributed by atoms with Crippen molar-refractivity contribution in [3.8, 4) is 5.75 Å². The number of phenols is 1. The van der Waals surface area contributed by atoms with Crippen LogP contribution in [0.15, 0.2) is 94.2 Å². The fraction of sp³-hybridized carbons (Fsp3) is 0.368. The smallest absolute Gasteiger partial charge is 0.356 e. The SMILES string of the molecule is Cn1nnnc1SCC1=C(C(=O)OC(c2ccccc2)c2ccccc2)N2C(=O)[C@@H](N=Cc3cc(C(C)(C)C)c(O)c(C(C)(C)C)c3)[C@@H]2SC1. The number of aliphatic imine (C=N–C) groups is 1. The zero-order valence-electron chi connectivity index (χ0n) is 29.3. The molecule has 1 amide bonds. The number of benzene rings is 3. The minimum Gasteiger partial charge on any atom is -0.507 e. The summed E-state index contributed by atoms with van der Waals surface area (Å²) in [6.07, 6.45) is 1.05. The van der Waals surface area contributed by atoms with Crippen LogP contribution in [0.2, 0.25) is 0 Å². The molecule has 0 bridgehead atoms. The highest BCUT2D eigenvalue weighted by Crippen LogP contribution is 2.44. The number of β-lactam (4-membered cyclic amide) rings is 1. The third kappa shape index (κ3) is 7.22. The van der Waals surface area contributed by atoms with E-state index in [-0.39, 0.29) is 33.6 Å². The summed E-state index contributed by atoms with van der Waals surface area (Å²) in [5, 5.41) is 23.1. The second kappa shape index (κ2) is 14.1. The molecule has 0 aliphatic carbocycles. The first-order valence-corrected chi connectivity index (χ1v) is 18.5. The molecule has 4 aromatic rings. The number of hydrogen-bond donors (Lipinski definition) is 1. The fourth-order valence-electron chi connectivity index (χ4n) is 6.05. The maximum atomic E-state index is 14.3. The van der Waals surface area contributed by atoms with Gasteiger partial charge in [-0.1, -0.05) is 114 Å². The number of nitrogens with zero attached hydrogens (tertiary/aromatic N) is 6. The number of rotatable bonds is 9. The molecule has 3 heterocycles. The van der Waals surface area contributed by atoms with E-state index in [1.807, 2.05) is 72.8 Å². The number of phenolic OH excluding ortho intramolecular Hbond substituents is 1. The van der Waals surface area contributed by atoms with E-state index in [1.54, 1.807) is 34.6 Å². The Hall–Kier alpha value is -4.42. The van der Waals surface area contributed by atoms with Gasteiger partial charge in [-0.05, 0) is 55.7 Å². The molecule has 12 heteroatoms. The summed E-state index contributed by atoms with van der Waals surface area (Å²) in [5.41, 5.74) is 4.51. The van der Waals surface area contributed by atoms with Crippen LogP contribution in [-0.4, -0.2) is 71.2 Å². The molecule has 0 radical (unpaired) electrons. The van der Waals surface area contributed by atoms with Crippen molar-refractivity contribution >= 4 is 41.6 Å². The van der Waals surface area contributed by atoms with E-state index in [9.17, 15) is 14.7 Å². The minimum atomic E-state index is -0.677. The Balaban J connectivity index is 1.32. The van der Waals surface area contributed by atoms with Crippen LogP contribution >= 0.6 is 23.5 Å². The normalized spacial score (nSPS) is 18.1. The lowest BCUT2D eigenvalue weighted by Crippen LogP contribution is -2.64. The van der Waals surface area contributed by atoms with Crippen LogP contribution in [0.1, 0.15) is 75.5 Å². The van der Waals surface area contributed by atoms with Gasteiger partial charge < -0.3 is 9.84 Å². The molecule has 0 spiro atoms. The van der Waals surface area contributed by atoms with Crippen LogP contribution in [0.3, 0.4) is 0 Å². The summed E-state index contributed by atoms with van der Waals surface area (Å²) in [4.78, 5) is 34.6. The predicted molar refractivity (Wildman–Crippen MR) is 197 cm³/mol. The van der Waals surface area contributed by atoms with Crippen LogP contribution in [0.4, 0.5) is 0 Å². The Labute approximate surface area is 301 Å². The summed E-state index contributed by atoms with van der Waals surface area (Å²) in [6.45, 7) is 12.4. The van der Waals surface area contributed by atoms with Crippen LogP contribution < -0.4 is 0 Å². The molecule has 1 saturated heterocycles. The van der Waals surface area contributed by atoms with Crippen molar-refractivity contribution < 1.29 is 19.4 Å². The zero-order chi connectivity index (χ0) is 35.8. The molecule has 10 nitrogen and oxygen atoms in total. The van der Waals surface area contributed by atoms with Gasteiger partial charge in [-0.15, -0.1) is 16.9 Å².